The van der Waals surface area contributed by atoms with Gasteiger partial charge in [-0.05, 0) is 38.5 Å². The van der Waals surface area contributed by atoms with E-state index < -0.39 is 5.60 Å². The van der Waals surface area contributed by atoms with Crippen LogP contribution in [0.5, 0.6) is 0 Å². The van der Waals surface area contributed by atoms with E-state index >= 15 is 0 Å². The SMILES string of the molecule is CC(C)(C)OC(=O)CCC(=O)Nc1ccc(CC#N)cc1. The number of ether oxygens (including phenoxy) is 1. The highest BCUT2D eigenvalue weighted by atomic mass is 16.6. The minimum absolute atomic E-state index is 0.0512. The van der Waals surface area contributed by atoms with E-state index in [2.05, 4.69) is 11.4 Å². The Balaban J connectivity index is 2.40. The predicted molar refractivity (Wildman–Crippen MR) is 79.5 cm³/mol. The van der Waals surface area contributed by atoms with Crippen LogP contribution in [-0.2, 0) is 20.7 Å². The van der Waals surface area contributed by atoms with E-state index in [-0.39, 0.29) is 24.7 Å². The first-order chi connectivity index (χ1) is 9.80. The minimum atomic E-state index is -0.538. The topological polar surface area (TPSA) is 79.2 Å². The molecule has 0 unspecified atom stereocenters. The summed E-state index contributed by atoms with van der Waals surface area (Å²) in [5, 5.41) is 11.3. The van der Waals surface area contributed by atoms with E-state index in [0.29, 0.717) is 12.1 Å². The highest BCUT2D eigenvalue weighted by Crippen LogP contribution is 2.12. The van der Waals surface area contributed by atoms with Crippen LogP contribution in [0, 0.1) is 11.3 Å². The third-order valence-electron chi connectivity index (χ3n) is 2.50. The van der Waals surface area contributed by atoms with Crippen molar-refractivity contribution in [3.63, 3.8) is 0 Å². The van der Waals surface area contributed by atoms with Crippen LogP contribution in [0.1, 0.15) is 39.2 Å². The van der Waals surface area contributed by atoms with Crippen molar-refractivity contribution >= 4 is 17.6 Å². The molecule has 0 bridgehead atoms. The number of hydrogen-bond acceptors (Lipinski definition) is 4. The quantitative estimate of drug-likeness (QED) is 0.845. The molecule has 112 valence electrons. The van der Waals surface area contributed by atoms with Gasteiger partial charge in [-0.15, -0.1) is 0 Å². The van der Waals surface area contributed by atoms with Gasteiger partial charge in [0.15, 0.2) is 0 Å². The Labute approximate surface area is 124 Å². The van der Waals surface area contributed by atoms with Gasteiger partial charge in [0.25, 0.3) is 0 Å². The number of carbonyl (C=O) groups excluding carboxylic acids is 2. The maximum atomic E-state index is 11.7. The molecular weight excluding hydrogens is 268 g/mol. The number of amides is 1. The summed E-state index contributed by atoms with van der Waals surface area (Å²) in [6, 6.07) is 9.09. The van der Waals surface area contributed by atoms with Crippen molar-refractivity contribution in [1.82, 2.24) is 0 Å². The first-order valence-electron chi connectivity index (χ1n) is 6.78. The molecule has 0 fully saturated rings. The molecule has 0 atom stereocenters. The normalized spacial score (nSPS) is 10.6. The van der Waals surface area contributed by atoms with E-state index in [9.17, 15) is 9.59 Å². The van der Waals surface area contributed by atoms with Gasteiger partial charge in [-0.1, -0.05) is 12.1 Å². The molecule has 0 spiro atoms. The van der Waals surface area contributed by atoms with Crippen LogP contribution in [-0.4, -0.2) is 17.5 Å². The standard InChI is InChI=1S/C16H20N2O3/c1-16(2,3)21-15(20)9-8-14(19)18-13-6-4-12(5-7-13)10-11-17/h4-7H,8-10H2,1-3H3,(H,18,19). The lowest BCUT2D eigenvalue weighted by atomic mass is 10.1. The molecule has 5 heteroatoms. The van der Waals surface area contributed by atoms with Gasteiger partial charge in [0.1, 0.15) is 5.60 Å². The summed E-state index contributed by atoms with van der Waals surface area (Å²) >= 11 is 0. The lowest BCUT2D eigenvalue weighted by Crippen LogP contribution is -2.24. The lowest BCUT2D eigenvalue weighted by Gasteiger charge is -2.19. The summed E-state index contributed by atoms with van der Waals surface area (Å²) in [5.74, 6) is -0.629. The van der Waals surface area contributed by atoms with Crippen molar-refractivity contribution < 1.29 is 14.3 Å². The van der Waals surface area contributed by atoms with Crippen LogP contribution in [0.3, 0.4) is 0 Å². The minimum Gasteiger partial charge on any atom is -0.460 e. The fraction of sp³-hybridized carbons (Fsp3) is 0.438. The molecule has 0 aliphatic carbocycles. The Bertz CT molecular complexity index is 536. The Kier molecular flexibility index (Phi) is 5.92. The highest BCUT2D eigenvalue weighted by molar-refractivity contribution is 5.92. The zero-order chi connectivity index (χ0) is 15.9. The predicted octanol–water partition coefficient (Wildman–Crippen LogP) is 2.81. The molecule has 5 nitrogen and oxygen atoms in total. The molecule has 0 radical (unpaired) electrons. The van der Waals surface area contributed by atoms with Gasteiger partial charge in [0.05, 0.1) is 18.9 Å². The zero-order valence-electron chi connectivity index (χ0n) is 12.6. The number of benzene rings is 1. The van der Waals surface area contributed by atoms with Crippen LogP contribution < -0.4 is 5.32 Å². The van der Waals surface area contributed by atoms with Gasteiger partial charge in [0.2, 0.25) is 5.91 Å². The van der Waals surface area contributed by atoms with Crippen molar-refractivity contribution in [2.75, 3.05) is 5.32 Å². The largest absolute Gasteiger partial charge is 0.460 e. The summed E-state index contributed by atoms with van der Waals surface area (Å²) in [6.45, 7) is 5.36. The Hall–Kier alpha value is -2.35. The van der Waals surface area contributed by atoms with Gasteiger partial charge in [-0.2, -0.15) is 5.26 Å². The monoisotopic (exact) mass is 288 g/mol. The molecule has 0 aromatic heterocycles. The first-order valence-corrected chi connectivity index (χ1v) is 6.78. The van der Waals surface area contributed by atoms with Crippen LogP contribution >= 0.6 is 0 Å². The second-order valence-corrected chi connectivity index (χ2v) is 5.67. The van der Waals surface area contributed by atoms with E-state index in [1.807, 2.05) is 0 Å². The smallest absolute Gasteiger partial charge is 0.306 e. The molecule has 0 saturated carbocycles. The number of rotatable bonds is 5. The molecule has 21 heavy (non-hydrogen) atoms. The Morgan fingerprint density at radius 3 is 2.33 bits per heavy atom. The van der Waals surface area contributed by atoms with Gasteiger partial charge < -0.3 is 10.1 Å². The van der Waals surface area contributed by atoms with Crippen molar-refractivity contribution in [3.05, 3.63) is 29.8 Å². The van der Waals surface area contributed by atoms with E-state index in [1.54, 1.807) is 45.0 Å². The number of nitriles is 1. The highest BCUT2D eigenvalue weighted by Gasteiger charge is 2.17. The third-order valence-corrected chi connectivity index (χ3v) is 2.50. The van der Waals surface area contributed by atoms with Crippen LogP contribution in [0.2, 0.25) is 0 Å². The second kappa shape index (κ2) is 7.44. The zero-order valence-corrected chi connectivity index (χ0v) is 12.6. The summed E-state index contributed by atoms with van der Waals surface area (Å²) in [4.78, 5) is 23.2. The fourth-order valence-electron chi connectivity index (χ4n) is 1.63. The van der Waals surface area contributed by atoms with Crippen molar-refractivity contribution in [3.8, 4) is 6.07 Å². The number of carbonyl (C=O) groups is 2. The number of hydrogen-bond donors (Lipinski definition) is 1. The summed E-state index contributed by atoms with van der Waals surface area (Å²) < 4.78 is 5.13. The van der Waals surface area contributed by atoms with Gasteiger partial charge in [-0.3, -0.25) is 9.59 Å². The van der Waals surface area contributed by atoms with Crippen LogP contribution in [0.15, 0.2) is 24.3 Å². The molecule has 1 N–H and O–H groups in total. The molecular formula is C16H20N2O3. The van der Waals surface area contributed by atoms with Gasteiger partial charge in [-0.25, -0.2) is 0 Å². The maximum Gasteiger partial charge on any atom is 0.306 e. The summed E-state index contributed by atoms with van der Waals surface area (Å²) in [6.07, 6.45) is 0.470. The van der Waals surface area contributed by atoms with Crippen LogP contribution in [0.4, 0.5) is 5.69 Å². The van der Waals surface area contributed by atoms with Crippen molar-refractivity contribution in [2.24, 2.45) is 0 Å². The molecule has 1 rings (SSSR count). The fourth-order valence-corrected chi connectivity index (χ4v) is 1.63. The number of anilines is 1. The van der Waals surface area contributed by atoms with Crippen molar-refractivity contribution in [1.29, 1.82) is 5.26 Å². The van der Waals surface area contributed by atoms with Gasteiger partial charge in [0, 0.05) is 12.1 Å². The Morgan fingerprint density at radius 1 is 1.19 bits per heavy atom. The molecule has 0 saturated heterocycles. The number of nitrogens with one attached hydrogen (secondary N) is 1. The molecule has 0 heterocycles. The maximum absolute atomic E-state index is 11.7. The lowest BCUT2D eigenvalue weighted by molar-refractivity contribution is -0.155. The average Bonchev–Trinajstić information content (AvgIpc) is 2.37. The first kappa shape index (κ1) is 16.7. The number of esters is 1. The van der Waals surface area contributed by atoms with E-state index in [0.717, 1.165) is 5.56 Å². The van der Waals surface area contributed by atoms with E-state index in [4.69, 9.17) is 10.00 Å². The van der Waals surface area contributed by atoms with E-state index in [1.165, 1.54) is 0 Å². The average molecular weight is 288 g/mol. The third kappa shape index (κ3) is 7.11. The van der Waals surface area contributed by atoms with Crippen LogP contribution in [0.25, 0.3) is 0 Å². The van der Waals surface area contributed by atoms with Crippen molar-refractivity contribution in [2.45, 2.75) is 45.6 Å². The summed E-state index contributed by atoms with van der Waals surface area (Å²) in [7, 11) is 0. The second-order valence-electron chi connectivity index (χ2n) is 5.67. The molecule has 0 aliphatic heterocycles. The molecule has 0 aliphatic rings. The summed E-state index contributed by atoms with van der Waals surface area (Å²) in [5.41, 5.74) is 1.000. The molecule has 1 aromatic rings. The number of nitrogens with zero attached hydrogens (tertiary/aromatic N) is 1. The Morgan fingerprint density at radius 2 is 1.81 bits per heavy atom. The van der Waals surface area contributed by atoms with Gasteiger partial charge >= 0.3 is 5.97 Å². The molecule has 1 amide bonds. The molecule has 1 aromatic carbocycles.